The molecule has 0 unspecified atom stereocenters. The van der Waals surface area contributed by atoms with Gasteiger partial charge in [0.15, 0.2) is 5.82 Å². The number of aromatic nitrogens is 6. The van der Waals surface area contributed by atoms with Gasteiger partial charge >= 0.3 is 0 Å². The summed E-state index contributed by atoms with van der Waals surface area (Å²) in [7, 11) is 0. The van der Waals surface area contributed by atoms with Crippen molar-refractivity contribution in [2.45, 2.75) is 6.92 Å². The van der Waals surface area contributed by atoms with Crippen molar-refractivity contribution >= 4 is 0 Å². The Balaban J connectivity index is 2.04. The zero-order valence-corrected chi connectivity index (χ0v) is 10.1. The largest absolute Gasteiger partial charge is 0.342 e. The number of benzene rings is 1. The van der Waals surface area contributed by atoms with E-state index in [2.05, 4.69) is 31.4 Å². The molecular formula is C12H9N7. The predicted molar refractivity (Wildman–Crippen MR) is 66.2 cm³/mol. The number of aromatic amines is 1. The topological polar surface area (TPSA) is 96.1 Å². The minimum absolute atomic E-state index is 0.407. The van der Waals surface area contributed by atoms with Gasteiger partial charge in [-0.2, -0.15) is 5.26 Å². The Morgan fingerprint density at radius 3 is 2.95 bits per heavy atom. The molecular weight excluding hydrogens is 242 g/mol. The second-order valence-electron chi connectivity index (χ2n) is 4.01. The fourth-order valence-electron chi connectivity index (χ4n) is 1.75. The van der Waals surface area contributed by atoms with E-state index >= 15 is 0 Å². The van der Waals surface area contributed by atoms with E-state index in [4.69, 9.17) is 5.26 Å². The molecule has 0 saturated heterocycles. The van der Waals surface area contributed by atoms with E-state index in [0.29, 0.717) is 22.9 Å². The Morgan fingerprint density at radius 1 is 1.32 bits per heavy atom. The van der Waals surface area contributed by atoms with Crippen LogP contribution < -0.4 is 0 Å². The molecule has 1 aromatic carbocycles. The fraction of sp³-hybridized carbons (Fsp3) is 0.0833. The van der Waals surface area contributed by atoms with Crippen molar-refractivity contribution in [3.8, 4) is 23.4 Å². The Morgan fingerprint density at radius 2 is 2.21 bits per heavy atom. The lowest BCUT2D eigenvalue weighted by atomic mass is 10.1. The summed E-state index contributed by atoms with van der Waals surface area (Å²) >= 11 is 0. The summed E-state index contributed by atoms with van der Waals surface area (Å²) in [6, 6.07) is 7.50. The molecule has 2 heterocycles. The van der Waals surface area contributed by atoms with E-state index in [1.54, 1.807) is 24.5 Å². The second kappa shape index (κ2) is 4.34. The van der Waals surface area contributed by atoms with Crippen LogP contribution in [-0.2, 0) is 0 Å². The quantitative estimate of drug-likeness (QED) is 0.739. The standard InChI is InChI=1S/C12H9N7/c1-8-4-9(7-13)6-10(5-8)19-17-12(16-18-19)11-14-2-3-15-11/h2-6H,1H3,(H,14,15). The number of H-pyrrole nitrogens is 1. The molecule has 2 aromatic heterocycles. The van der Waals surface area contributed by atoms with Gasteiger partial charge in [0.25, 0.3) is 0 Å². The molecule has 3 aromatic rings. The summed E-state index contributed by atoms with van der Waals surface area (Å²) in [6.45, 7) is 1.91. The van der Waals surface area contributed by atoms with Crippen LogP contribution in [0, 0.1) is 18.3 Å². The lowest BCUT2D eigenvalue weighted by molar-refractivity contribution is 0.719. The molecule has 7 heteroatoms. The normalized spacial score (nSPS) is 10.3. The van der Waals surface area contributed by atoms with Crippen LogP contribution in [0.25, 0.3) is 17.3 Å². The van der Waals surface area contributed by atoms with Crippen molar-refractivity contribution in [2.75, 3.05) is 0 Å². The van der Waals surface area contributed by atoms with Crippen LogP contribution in [0.3, 0.4) is 0 Å². The van der Waals surface area contributed by atoms with Gasteiger partial charge < -0.3 is 4.98 Å². The number of imidazole rings is 1. The van der Waals surface area contributed by atoms with Crippen LogP contribution >= 0.6 is 0 Å². The molecule has 0 aliphatic carbocycles. The molecule has 0 fully saturated rings. The number of nitriles is 1. The molecule has 0 aliphatic heterocycles. The second-order valence-corrected chi connectivity index (χ2v) is 4.01. The molecule has 3 rings (SSSR count). The van der Waals surface area contributed by atoms with E-state index in [-0.39, 0.29) is 0 Å². The van der Waals surface area contributed by atoms with Gasteiger partial charge in [0, 0.05) is 12.4 Å². The van der Waals surface area contributed by atoms with Gasteiger partial charge in [-0.1, -0.05) is 0 Å². The maximum absolute atomic E-state index is 8.96. The third kappa shape index (κ3) is 2.07. The lowest BCUT2D eigenvalue weighted by Gasteiger charge is -2.00. The highest BCUT2D eigenvalue weighted by Gasteiger charge is 2.09. The van der Waals surface area contributed by atoms with Gasteiger partial charge in [0.05, 0.1) is 17.3 Å². The fourth-order valence-corrected chi connectivity index (χ4v) is 1.75. The summed E-state index contributed by atoms with van der Waals surface area (Å²) in [6.07, 6.45) is 3.31. The Hall–Kier alpha value is -3.01. The van der Waals surface area contributed by atoms with Crippen LogP contribution in [0.4, 0.5) is 0 Å². The molecule has 0 spiro atoms. The maximum atomic E-state index is 8.96. The lowest BCUT2D eigenvalue weighted by Crippen LogP contribution is -2.00. The van der Waals surface area contributed by atoms with Crippen molar-refractivity contribution in [2.24, 2.45) is 0 Å². The van der Waals surface area contributed by atoms with Crippen LogP contribution in [0.5, 0.6) is 0 Å². The highest BCUT2D eigenvalue weighted by atomic mass is 15.6. The van der Waals surface area contributed by atoms with Gasteiger partial charge in [-0.05, 0) is 35.9 Å². The number of nitrogens with one attached hydrogen (secondary N) is 1. The summed E-state index contributed by atoms with van der Waals surface area (Å²) in [5, 5.41) is 21.1. The molecule has 19 heavy (non-hydrogen) atoms. The first-order chi connectivity index (χ1) is 9.26. The molecule has 0 amide bonds. The Kier molecular flexibility index (Phi) is 2.54. The average molecular weight is 251 g/mol. The van der Waals surface area contributed by atoms with Gasteiger partial charge in [-0.25, -0.2) is 4.98 Å². The number of aryl methyl sites for hydroxylation is 1. The van der Waals surface area contributed by atoms with E-state index in [9.17, 15) is 0 Å². The van der Waals surface area contributed by atoms with Gasteiger partial charge in [0.1, 0.15) is 0 Å². The first-order valence-corrected chi connectivity index (χ1v) is 5.58. The summed E-state index contributed by atoms with van der Waals surface area (Å²) in [5.41, 5.74) is 2.22. The number of rotatable bonds is 2. The predicted octanol–water partition coefficient (Wildman–Crippen LogP) is 1.23. The Bertz CT molecular complexity index is 749. The number of tetrazole rings is 1. The third-order valence-corrected chi connectivity index (χ3v) is 2.55. The maximum Gasteiger partial charge on any atom is 0.240 e. The van der Waals surface area contributed by atoms with Gasteiger partial charge in [-0.3, -0.25) is 0 Å². The number of hydrogen-bond acceptors (Lipinski definition) is 5. The minimum atomic E-state index is 0.407. The van der Waals surface area contributed by atoms with Gasteiger partial charge in [-0.15, -0.1) is 15.0 Å². The zero-order chi connectivity index (χ0) is 13.2. The summed E-state index contributed by atoms with van der Waals surface area (Å²) in [4.78, 5) is 8.35. The van der Waals surface area contributed by atoms with E-state index in [1.165, 1.54) is 4.80 Å². The molecule has 7 nitrogen and oxygen atoms in total. The molecule has 0 bridgehead atoms. The monoisotopic (exact) mass is 251 g/mol. The highest BCUT2D eigenvalue weighted by molar-refractivity contribution is 5.45. The van der Waals surface area contributed by atoms with E-state index in [1.807, 2.05) is 13.0 Å². The molecule has 0 saturated carbocycles. The third-order valence-electron chi connectivity index (χ3n) is 2.55. The van der Waals surface area contributed by atoms with Crippen molar-refractivity contribution in [3.05, 3.63) is 41.7 Å². The van der Waals surface area contributed by atoms with Crippen LogP contribution in [-0.4, -0.2) is 30.2 Å². The molecule has 0 aliphatic rings. The van der Waals surface area contributed by atoms with Crippen molar-refractivity contribution < 1.29 is 0 Å². The average Bonchev–Trinajstić information content (AvgIpc) is 3.08. The molecule has 0 atom stereocenters. The van der Waals surface area contributed by atoms with Crippen LogP contribution in [0.2, 0.25) is 0 Å². The molecule has 92 valence electrons. The highest BCUT2D eigenvalue weighted by Crippen LogP contribution is 2.13. The first-order valence-electron chi connectivity index (χ1n) is 5.58. The van der Waals surface area contributed by atoms with Gasteiger partial charge in [0.2, 0.25) is 5.82 Å². The number of hydrogen-bond donors (Lipinski definition) is 1. The molecule has 0 radical (unpaired) electrons. The first kappa shape index (κ1) is 11.1. The summed E-state index contributed by atoms with van der Waals surface area (Å²) in [5.74, 6) is 0.962. The SMILES string of the molecule is Cc1cc(C#N)cc(-n2nnc(-c3ncc[nH]3)n2)c1. The van der Waals surface area contributed by atoms with E-state index in [0.717, 1.165) is 5.56 Å². The van der Waals surface area contributed by atoms with Crippen molar-refractivity contribution in [1.29, 1.82) is 5.26 Å². The smallest absolute Gasteiger partial charge is 0.240 e. The number of nitrogens with zero attached hydrogens (tertiary/aromatic N) is 6. The molecule has 1 N–H and O–H groups in total. The van der Waals surface area contributed by atoms with Crippen LogP contribution in [0.1, 0.15) is 11.1 Å². The minimum Gasteiger partial charge on any atom is -0.342 e. The zero-order valence-electron chi connectivity index (χ0n) is 10.1. The summed E-state index contributed by atoms with van der Waals surface area (Å²) < 4.78 is 0. The van der Waals surface area contributed by atoms with E-state index < -0.39 is 0 Å². The van der Waals surface area contributed by atoms with Crippen molar-refractivity contribution in [1.82, 2.24) is 30.2 Å². The van der Waals surface area contributed by atoms with Crippen LogP contribution in [0.15, 0.2) is 30.6 Å². The Labute approximate surface area is 108 Å². The van der Waals surface area contributed by atoms with Crippen molar-refractivity contribution in [3.63, 3.8) is 0 Å².